The summed E-state index contributed by atoms with van der Waals surface area (Å²) in [5.41, 5.74) is 1.09. The number of amides is 2. The minimum Gasteiger partial charge on any atom is -0.451 e. The van der Waals surface area contributed by atoms with Crippen molar-refractivity contribution in [1.29, 1.82) is 0 Å². The number of fused-ring (bicyclic) bond motifs is 1. The third-order valence-corrected chi connectivity index (χ3v) is 8.60. The SMILES string of the molecule is CCOC(=O)OC(=O)C1=CS[C@@H]2C(NC(=O)Cc3cccs3)C(=O)N2C1C(=O)OC(c1ccccc1)c1ccccc1. The van der Waals surface area contributed by atoms with Gasteiger partial charge in [-0.2, -0.15) is 0 Å². The standard InChI is InChI=1S/C30H26N2O8S2/c1-2-38-30(37)40-28(35)21-17-42-27-23(31-22(33)16-20-14-9-15-41-20)26(34)32(27)24(21)29(36)39-25(18-10-5-3-6-11-18)19-12-7-4-8-13-19/h3-15,17,23-25,27H,2,16H2,1H3,(H,31,33)/t23?,24?,27-/m1/s1. The molecule has 2 amide bonds. The van der Waals surface area contributed by atoms with E-state index in [-0.39, 0.29) is 24.5 Å². The van der Waals surface area contributed by atoms with Crippen LogP contribution in [0.2, 0.25) is 0 Å². The number of carbonyl (C=O) groups excluding carboxylic acids is 5. The van der Waals surface area contributed by atoms with Crippen LogP contribution in [0.25, 0.3) is 0 Å². The fourth-order valence-corrected chi connectivity index (χ4v) is 6.55. The molecule has 0 radical (unpaired) electrons. The molecule has 1 aromatic heterocycles. The Bertz CT molecular complexity index is 1450. The Morgan fingerprint density at radius 1 is 0.952 bits per heavy atom. The first-order valence-electron chi connectivity index (χ1n) is 13.1. The first kappa shape index (κ1) is 29.1. The lowest BCUT2D eigenvalue weighted by atomic mass is 9.97. The second-order valence-electron chi connectivity index (χ2n) is 9.26. The van der Waals surface area contributed by atoms with Crippen molar-refractivity contribution in [2.24, 2.45) is 0 Å². The molecule has 2 aliphatic rings. The first-order valence-corrected chi connectivity index (χ1v) is 14.9. The molecular weight excluding hydrogens is 580 g/mol. The van der Waals surface area contributed by atoms with Crippen LogP contribution in [0.3, 0.4) is 0 Å². The number of benzene rings is 2. The van der Waals surface area contributed by atoms with Crippen LogP contribution in [0, 0.1) is 0 Å². The first-order chi connectivity index (χ1) is 20.4. The largest absolute Gasteiger partial charge is 0.516 e. The zero-order valence-corrected chi connectivity index (χ0v) is 24.0. The molecule has 0 aliphatic carbocycles. The van der Waals surface area contributed by atoms with E-state index in [4.69, 9.17) is 14.2 Å². The quantitative estimate of drug-likeness (QED) is 0.219. The molecule has 42 heavy (non-hydrogen) atoms. The fraction of sp³-hybridized carbons (Fsp3) is 0.233. The van der Waals surface area contributed by atoms with Gasteiger partial charge in [0.2, 0.25) is 11.8 Å². The molecule has 0 bridgehead atoms. The number of nitrogens with one attached hydrogen (secondary N) is 1. The summed E-state index contributed by atoms with van der Waals surface area (Å²) < 4.78 is 15.5. The average molecular weight is 607 g/mol. The smallest absolute Gasteiger partial charge is 0.451 e. The van der Waals surface area contributed by atoms with E-state index in [0.29, 0.717) is 11.1 Å². The summed E-state index contributed by atoms with van der Waals surface area (Å²) in [6.45, 7) is 1.52. The summed E-state index contributed by atoms with van der Waals surface area (Å²) in [6.07, 6.45) is -1.98. The van der Waals surface area contributed by atoms with Gasteiger partial charge in [0.15, 0.2) is 12.1 Å². The van der Waals surface area contributed by atoms with Crippen LogP contribution in [0.4, 0.5) is 4.79 Å². The Morgan fingerprint density at radius 3 is 2.21 bits per heavy atom. The van der Waals surface area contributed by atoms with E-state index >= 15 is 0 Å². The number of ether oxygens (including phenoxy) is 3. The zero-order chi connectivity index (χ0) is 29.6. The van der Waals surface area contributed by atoms with Crippen LogP contribution in [0.1, 0.15) is 29.0 Å². The molecule has 1 N–H and O–H groups in total. The number of carbonyl (C=O) groups is 5. The maximum Gasteiger partial charge on any atom is 0.516 e. The zero-order valence-electron chi connectivity index (χ0n) is 22.3. The summed E-state index contributed by atoms with van der Waals surface area (Å²) >= 11 is 2.48. The summed E-state index contributed by atoms with van der Waals surface area (Å²) in [4.78, 5) is 66.9. The molecule has 12 heteroatoms. The lowest BCUT2D eigenvalue weighted by Crippen LogP contribution is -2.74. The third-order valence-electron chi connectivity index (χ3n) is 6.55. The van der Waals surface area contributed by atoms with Gasteiger partial charge in [-0.3, -0.25) is 9.59 Å². The van der Waals surface area contributed by atoms with Crippen molar-refractivity contribution in [3.8, 4) is 0 Å². The highest BCUT2D eigenvalue weighted by molar-refractivity contribution is 8.03. The van der Waals surface area contributed by atoms with Crippen molar-refractivity contribution in [3.63, 3.8) is 0 Å². The van der Waals surface area contributed by atoms with Crippen LogP contribution in [-0.4, -0.2) is 58.9 Å². The molecule has 3 aromatic rings. The van der Waals surface area contributed by atoms with Crippen molar-refractivity contribution < 1.29 is 38.2 Å². The minimum atomic E-state index is -1.52. The molecule has 1 saturated heterocycles. The Balaban J connectivity index is 1.41. The van der Waals surface area contributed by atoms with Crippen molar-refractivity contribution in [2.75, 3.05) is 6.61 Å². The number of rotatable bonds is 9. The fourth-order valence-electron chi connectivity index (χ4n) is 4.64. The topological polar surface area (TPSA) is 128 Å². The molecule has 5 rings (SSSR count). The molecule has 0 spiro atoms. The van der Waals surface area contributed by atoms with Crippen molar-refractivity contribution >= 4 is 53.0 Å². The van der Waals surface area contributed by atoms with E-state index in [9.17, 15) is 24.0 Å². The van der Waals surface area contributed by atoms with Crippen molar-refractivity contribution in [1.82, 2.24) is 10.2 Å². The number of β-lactam (4-membered cyclic amide) rings is 1. The molecule has 216 valence electrons. The van der Waals surface area contributed by atoms with Crippen LogP contribution in [0.5, 0.6) is 0 Å². The molecule has 0 saturated carbocycles. The van der Waals surface area contributed by atoms with E-state index in [2.05, 4.69) is 5.32 Å². The average Bonchev–Trinajstić information content (AvgIpc) is 3.51. The van der Waals surface area contributed by atoms with E-state index in [1.165, 1.54) is 21.6 Å². The highest BCUT2D eigenvalue weighted by Crippen LogP contribution is 2.41. The number of thioether (sulfide) groups is 1. The van der Waals surface area contributed by atoms with Crippen LogP contribution >= 0.6 is 23.1 Å². The maximum atomic E-state index is 13.9. The van der Waals surface area contributed by atoms with E-state index in [1.54, 1.807) is 55.5 Å². The summed E-state index contributed by atoms with van der Waals surface area (Å²) in [5.74, 6) is -2.96. The molecule has 3 atom stereocenters. The number of esters is 2. The van der Waals surface area contributed by atoms with E-state index in [0.717, 1.165) is 16.6 Å². The van der Waals surface area contributed by atoms with Gasteiger partial charge in [0.25, 0.3) is 0 Å². The van der Waals surface area contributed by atoms with Crippen LogP contribution < -0.4 is 5.32 Å². The lowest BCUT2D eigenvalue weighted by molar-refractivity contribution is -0.166. The molecular formula is C30H26N2O8S2. The number of hydrogen-bond acceptors (Lipinski definition) is 10. The molecule has 3 heterocycles. The van der Waals surface area contributed by atoms with E-state index < -0.39 is 47.6 Å². The normalized spacial score (nSPS) is 19.2. The summed E-state index contributed by atoms with van der Waals surface area (Å²) in [6, 6.07) is 19.3. The second-order valence-corrected chi connectivity index (χ2v) is 11.3. The highest BCUT2D eigenvalue weighted by Gasteiger charge is 2.58. The van der Waals surface area contributed by atoms with Crippen molar-refractivity contribution in [3.05, 3.63) is 105 Å². The van der Waals surface area contributed by atoms with Crippen LogP contribution in [-0.2, 0) is 39.8 Å². The minimum absolute atomic E-state index is 0.0270. The maximum absolute atomic E-state index is 13.9. The Morgan fingerprint density at radius 2 is 1.62 bits per heavy atom. The van der Waals surface area contributed by atoms with Gasteiger partial charge in [0.1, 0.15) is 11.4 Å². The lowest BCUT2D eigenvalue weighted by Gasteiger charge is -2.51. The molecule has 2 aromatic carbocycles. The molecule has 2 unspecified atom stereocenters. The Hall–Kier alpha value is -4.42. The number of nitrogens with zero attached hydrogens (tertiary/aromatic N) is 1. The second kappa shape index (κ2) is 13.0. The number of hydrogen-bond donors (Lipinski definition) is 1. The van der Waals surface area contributed by atoms with Crippen LogP contribution in [0.15, 0.2) is 89.2 Å². The van der Waals surface area contributed by atoms with E-state index in [1.807, 2.05) is 29.6 Å². The van der Waals surface area contributed by atoms with Gasteiger partial charge in [-0.05, 0) is 34.9 Å². The molecule has 2 aliphatic heterocycles. The van der Waals surface area contributed by atoms with Gasteiger partial charge in [-0.25, -0.2) is 14.4 Å². The summed E-state index contributed by atoms with van der Waals surface area (Å²) in [5, 5.41) is 5.26. The van der Waals surface area contributed by atoms with Gasteiger partial charge < -0.3 is 24.4 Å². The predicted octanol–water partition coefficient (Wildman–Crippen LogP) is 3.98. The Kier molecular flexibility index (Phi) is 9.03. The Labute approximate surface area is 249 Å². The monoisotopic (exact) mass is 606 g/mol. The predicted molar refractivity (Wildman–Crippen MR) is 154 cm³/mol. The van der Waals surface area contributed by atoms with Crippen molar-refractivity contribution in [2.45, 2.75) is 36.9 Å². The highest BCUT2D eigenvalue weighted by atomic mass is 32.2. The third kappa shape index (κ3) is 6.24. The molecule has 10 nitrogen and oxygen atoms in total. The molecule has 1 fully saturated rings. The van der Waals surface area contributed by atoms with Gasteiger partial charge in [-0.1, -0.05) is 66.7 Å². The number of thiophene rings is 1. The summed E-state index contributed by atoms with van der Waals surface area (Å²) in [7, 11) is 0. The van der Waals surface area contributed by atoms with Gasteiger partial charge in [0, 0.05) is 4.88 Å². The van der Waals surface area contributed by atoms with Gasteiger partial charge >= 0.3 is 18.1 Å². The van der Waals surface area contributed by atoms with Gasteiger partial charge in [-0.15, -0.1) is 23.1 Å². The van der Waals surface area contributed by atoms with Gasteiger partial charge in [0.05, 0.1) is 18.6 Å².